The lowest BCUT2D eigenvalue weighted by molar-refractivity contribution is 0.0361. The normalized spacial score (nSPS) is 28.3. The van der Waals surface area contributed by atoms with Crippen molar-refractivity contribution < 1.29 is 4.74 Å². The van der Waals surface area contributed by atoms with E-state index in [-0.39, 0.29) is 0 Å². The van der Waals surface area contributed by atoms with Crippen molar-refractivity contribution in [2.45, 2.75) is 65.4 Å². The van der Waals surface area contributed by atoms with Crippen LogP contribution >= 0.6 is 0 Å². The van der Waals surface area contributed by atoms with Gasteiger partial charge in [-0.2, -0.15) is 0 Å². The highest BCUT2D eigenvalue weighted by atomic mass is 16.5. The molecule has 1 rings (SSSR count). The van der Waals surface area contributed by atoms with Crippen LogP contribution in [-0.2, 0) is 4.74 Å². The number of hydrogen-bond donors (Lipinski definition) is 0. The van der Waals surface area contributed by atoms with Gasteiger partial charge in [-0.15, -0.1) is 0 Å². The van der Waals surface area contributed by atoms with Crippen molar-refractivity contribution in [3.05, 3.63) is 0 Å². The van der Waals surface area contributed by atoms with Crippen molar-refractivity contribution >= 4 is 0 Å². The van der Waals surface area contributed by atoms with Crippen molar-refractivity contribution in [3.8, 4) is 0 Å². The summed E-state index contributed by atoms with van der Waals surface area (Å²) in [6, 6.07) is 0. The van der Waals surface area contributed by atoms with Crippen LogP contribution in [0.25, 0.3) is 0 Å². The minimum atomic E-state index is 0.406. The molecular weight excluding hydrogens is 172 g/mol. The van der Waals surface area contributed by atoms with E-state index in [1.165, 1.54) is 38.5 Å². The zero-order valence-corrected chi connectivity index (χ0v) is 10.1. The Morgan fingerprint density at radius 2 is 1.64 bits per heavy atom. The highest BCUT2D eigenvalue weighted by Crippen LogP contribution is 2.31. The molecule has 0 aromatic rings. The van der Waals surface area contributed by atoms with Gasteiger partial charge in [0, 0.05) is 6.61 Å². The maximum atomic E-state index is 5.68. The van der Waals surface area contributed by atoms with Crippen molar-refractivity contribution in [1.29, 1.82) is 0 Å². The second-order valence-corrected chi connectivity index (χ2v) is 5.06. The van der Waals surface area contributed by atoms with Crippen LogP contribution in [0.3, 0.4) is 0 Å². The average molecular weight is 198 g/mol. The molecule has 0 aromatic heterocycles. The predicted octanol–water partition coefficient (Wildman–Crippen LogP) is 4.02. The van der Waals surface area contributed by atoms with Gasteiger partial charge in [0.15, 0.2) is 0 Å². The summed E-state index contributed by atoms with van der Waals surface area (Å²) in [5, 5.41) is 0. The van der Waals surface area contributed by atoms with Crippen molar-refractivity contribution in [2.24, 2.45) is 11.8 Å². The molecule has 0 heterocycles. The summed E-state index contributed by atoms with van der Waals surface area (Å²) in [6.45, 7) is 7.55. The van der Waals surface area contributed by atoms with E-state index in [0.29, 0.717) is 6.10 Å². The lowest BCUT2D eigenvalue weighted by Crippen LogP contribution is -2.20. The Labute approximate surface area is 89.2 Å². The third kappa shape index (κ3) is 4.45. The first-order valence-electron chi connectivity index (χ1n) is 6.34. The highest BCUT2D eigenvalue weighted by Gasteiger charge is 2.20. The van der Waals surface area contributed by atoms with E-state index in [4.69, 9.17) is 4.74 Å². The zero-order valence-electron chi connectivity index (χ0n) is 10.1. The molecule has 0 aliphatic heterocycles. The summed E-state index contributed by atoms with van der Waals surface area (Å²) in [5.41, 5.74) is 0. The molecule has 0 N–H and O–H groups in total. The van der Waals surface area contributed by atoms with Crippen LogP contribution in [0.5, 0.6) is 0 Å². The SMILES string of the molecule is CCC[C@H]1CC[C@H](COC(C)C)CC1. The summed E-state index contributed by atoms with van der Waals surface area (Å²) >= 11 is 0. The minimum absolute atomic E-state index is 0.406. The van der Waals surface area contributed by atoms with E-state index >= 15 is 0 Å². The lowest BCUT2D eigenvalue weighted by atomic mass is 9.80. The van der Waals surface area contributed by atoms with Gasteiger partial charge in [-0.05, 0) is 38.5 Å². The molecule has 1 heteroatoms. The molecule has 14 heavy (non-hydrogen) atoms. The molecule has 0 radical (unpaired) electrons. The molecule has 0 aromatic carbocycles. The Balaban J connectivity index is 2.09. The number of ether oxygens (including phenoxy) is 1. The molecule has 1 aliphatic carbocycles. The largest absolute Gasteiger partial charge is 0.379 e. The first-order chi connectivity index (χ1) is 6.72. The summed E-state index contributed by atoms with van der Waals surface area (Å²) in [4.78, 5) is 0. The Kier molecular flexibility index (Phi) is 5.54. The molecule has 1 nitrogen and oxygen atoms in total. The third-order valence-electron chi connectivity index (χ3n) is 3.33. The van der Waals surface area contributed by atoms with E-state index in [1.54, 1.807) is 0 Å². The fourth-order valence-corrected chi connectivity index (χ4v) is 2.42. The molecule has 0 amide bonds. The van der Waals surface area contributed by atoms with Gasteiger partial charge in [0.1, 0.15) is 0 Å². The van der Waals surface area contributed by atoms with Gasteiger partial charge in [-0.1, -0.05) is 32.6 Å². The first-order valence-corrected chi connectivity index (χ1v) is 6.34. The van der Waals surface area contributed by atoms with E-state index in [9.17, 15) is 0 Å². The predicted molar refractivity (Wildman–Crippen MR) is 61.4 cm³/mol. The molecule has 0 spiro atoms. The molecular formula is C13H26O. The van der Waals surface area contributed by atoms with Crippen molar-refractivity contribution in [2.75, 3.05) is 6.61 Å². The molecule has 0 saturated heterocycles. The van der Waals surface area contributed by atoms with Crippen LogP contribution in [0.1, 0.15) is 59.3 Å². The molecule has 0 unspecified atom stereocenters. The Hall–Kier alpha value is -0.0400. The van der Waals surface area contributed by atoms with Gasteiger partial charge < -0.3 is 4.74 Å². The first kappa shape index (κ1) is 12.0. The second-order valence-electron chi connectivity index (χ2n) is 5.06. The van der Waals surface area contributed by atoms with Gasteiger partial charge in [-0.3, -0.25) is 0 Å². The molecule has 1 aliphatic rings. The van der Waals surface area contributed by atoms with Gasteiger partial charge in [0.2, 0.25) is 0 Å². The second kappa shape index (κ2) is 6.44. The summed E-state index contributed by atoms with van der Waals surface area (Å²) < 4.78 is 5.68. The fourth-order valence-electron chi connectivity index (χ4n) is 2.42. The van der Waals surface area contributed by atoms with Gasteiger partial charge in [0.05, 0.1) is 6.10 Å². The van der Waals surface area contributed by atoms with Gasteiger partial charge in [0.25, 0.3) is 0 Å². The highest BCUT2D eigenvalue weighted by molar-refractivity contribution is 4.72. The number of rotatable bonds is 5. The molecule has 0 bridgehead atoms. The average Bonchev–Trinajstić information content (AvgIpc) is 2.17. The monoisotopic (exact) mass is 198 g/mol. The third-order valence-corrected chi connectivity index (χ3v) is 3.33. The van der Waals surface area contributed by atoms with E-state index < -0.39 is 0 Å². The van der Waals surface area contributed by atoms with Crippen LogP contribution < -0.4 is 0 Å². The quantitative estimate of drug-likeness (QED) is 0.648. The molecule has 84 valence electrons. The smallest absolute Gasteiger partial charge is 0.0519 e. The Morgan fingerprint density at radius 3 is 2.14 bits per heavy atom. The zero-order chi connectivity index (χ0) is 10.4. The maximum Gasteiger partial charge on any atom is 0.0519 e. The van der Waals surface area contributed by atoms with Crippen molar-refractivity contribution in [3.63, 3.8) is 0 Å². The molecule has 0 atom stereocenters. The molecule has 1 fully saturated rings. The molecule has 1 saturated carbocycles. The Morgan fingerprint density at radius 1 is 1.07 bits per heavy atom. The van der Waals surface area contributed by atoms with Crippen LogP contribution in [0.4, 0.5) is 0 Å². The van der Waals surface area contributed by atoms with E-state index in [1.807, 2.05) is 0 Å². The lowest BCUT2D eigenvalue weighted by Gasteiger charge is -2.28. The fraction of sp³-hybridized carbons (Fsp3) is 1.00. The minimum Gasteiger partial charge on any atom is -0.379 e. The summed E-state index contributed by atoms with van der Waals surface area (Å²) in [5.74, 6) is 1.88. The van der Waals surface area contributed by atoms with Gasteiger partial charge in [-0.25, -0.2) is 0 Å². The van der Waals surface area contributed by atoms with Crippen LogP contribution in [-0.4, -0.2) is 12.7 Å². The van der Waals surface area contributed by atoms with Gasteiger partial charge >= 0.3 is 0 Å². The van der Waals surface area contributed by atoms with Crippen LogP contribution in [0, 0.1) is 11.8 Å². The summed E-state index contributed by atoms with van der Waals surface area (Å²) in [7, 11) is 0. The van der Waals surface area contributed by atoms with Crippen LogP contribution in [0.2, 0.25) is 0 Å². The standard InChI is InChI=1S/C13H26O/c1-4-5-12-6-8-13(9-7-12)10-14-11(2)3/h11-13H,4-10H2,1-3H3/t12-,13-. The van der Waals surface area contributed by atoms with Crippen LogP contribution in [0.15, 0.2) is 0 Å². The van der Waals surface area contributed by atoms with E-state index in [2.05, 4.69) is 20.8 Å². The van der Waals surface area contributed by atoms with Crippen molar-refractivity contribution in [1.82, 2.24) is 0 Å². The topological polar surface area (TPSA) is 9.23 Å². The van der Waals surface area contributed by atoms with E-state index in [0.717, 1.165) is 18.4 Å². The summed E-state index contributed by atoms with van der Waals surface area (Å²) in [6.07, 6.45) is 8.90. The maximum absolute atomic E-state index is 5.68. The Bertz CT molecular complexity index is 134. The number of hydrogen-bond acceptors (Lipinski definition) is 1.